The summed E-state index contributed by atoms with van der Waals surface area (Å²) in [5.74, 6) is -0.546. The number of amides is 1. The molecule has 1 amide bonds. The molecular weight excluding hydrogens is 260 g/mol. The number of phenolic OH excluding ortho intramolecular Hbond substituents is 1. The summed E-state index contributed by atoms with van der Waals surface area (Å²) >= 11 is 0. The molecule has 0 aliphatic carbocycles. The molecule has 1 atom stereocenters. The standard InChI is InChI=1S/C10H12N2O5S/c11-6-3-10(14)12(5-6)8-4-7(18(15,16)17)1-2-9(8)13/h1-2,4,6,13H,3,5,11H2,(H,15,16,17). The van der Waals surface area contributed by atoms with Gasteiger partial charge < -0.3 is 15.7 Å². The van der Waals surface area contributed by atoms with Crippen molar-refractivity contribution in [3.8, 4) is 5.75 Å². The number of carbonyl (C=O) groups is 1. The Kier molecular flexibility index (Phi) is 3.01. The number of hydrogen-bond acceptors (Lipinski definition) is 5. The highest BCUT2D eigenvalue weighted by Gasteiger charge is 2.30. The van der Waals surface area contributed by atoms with E-state index < -0.39 is 10.1 Å². The van der Waals surface area contributed by atoms with Crippen molar-refractivity contribution in [3.63, 3.8) is 0 Å². The molecule has 1 aliphatic heterocycles. The van der Waals surface area contributed by atoms with Crippen molar-refractivity contribution in [1.82, 2.24) is 0 Å². The highest BCUT2D eigenvalue weighted by Crippen LogP contribution is 2.32. The fraction of sp³-hybridized carbons (Fsp3) is 0.300. The first-order chi connectivity index (χ1) is 8.29. The summed E-state index contributed by atoms with van der Waals surface area (Å²) in [5.41, 5.74) is 5.65. The fourth-order valence-electron chi connectivity index (χ4n) is 1.85. The first kappa shape index (κ1) is 12.8. The van der Waals surface area contributed by atoms with Crippen molar-refractivity contribution < 1.29 is 22.9 Å². The lowest BCUT2D eigenvalue weighted by Gasteiger charge is -2.18. The maximum Gasteiger partial charge on any atom is 0.294 e. The number of hydrogen-bond donors (Lipinski definition) is 3. The Morgan fingerprint density at radius 1 is 1.39 bits per heavy atom. The van der Waals surface area contributed by atoms with E-state index in [9.17, 15) is 18.3 Å². The monoisotopic (exact) mass is 272 g/mol. The van der Waals surface area contributed by atoms with E-state index in [-0.39, 0.29) is 41.2 Å². The van der Waals surface area contributed by atoms with Crippen molar-refractivity contribution in [2.75, 3.05) is 11.4 Å². The SMILES string of the molecule is NC1CC(=O)N(c2cc(S(=O)(=O)O)ccc2O)C1. The third-order valence-corrected chi connectivity index (χ3v) is 3.54. The molecular formula is C10H12N2O5S. The van der Waals surface area contributed by atoms with E-state index in [4.69, 9.17) is 10.3 Å². The van der Waals surface area contributed by atoms with E-state index in [2.05, 4.69) is 0 Å². The van der Waals surface area contributed by atoms with Gasteiger partial charge >= 0.3 is 0 Å². The largest absolute Gasteiger partial charge is 0.506 e. The van der Waals surface area contributed by atoms with E-state index in [1.54, 1.807) is 0 Å². The Hall–Kier alpha value is -1.64. The Labute approximate surface area is 104 Å². The van der Waals surface area contributed by atoms with Gasteiger partial charge in [-0.25, -0.2) is 0 Å². The molecule has 1 fully saturated rings. The molecule has 1 aliphatic rings. The number of nitrogens with two attached hydrogens (primary N) is 1. The average molecular weight is 272 g/mol. The van der Waals surface area contributed by atoms with Crippen LogP contribution in [-0.4, -0.2) is 36.6 Å². The van der Waals surface area contributed by atoms with Crippen LogP contribution in [0.25, 0.3) is 0 Å². The molecule has 1 aromatic carbocycles. The first-order valence-electron chi connectivity index (χ1n) is 5.15. The first-order valence-corrected chi connectivity index (χ1v) is 6.59. The van der Waals surface area contributed by atoms with Crippen LogP contribution < -0.4 is 10.6 Å². The van der Waals surface area contributed by atoms with E-state index >= 15 is 0 Å². The van der Waals surface area contributed by atoms with Crippen molar-refractivity contribution in [2.45, 2.75) is 17.4 Å². The highest BCUT2D eigenvalue weighted by atomic mass is 32.2. The molecule has 18 heavy (non-hydrogen) atoms. The van der Waals surface area contributed by atoms with E-state index in [1.807, 2.05) is 0 Å². The van der Waals surface area contributed by atoms with Gasteiger partial charge in [-0.15, -0.1) is 0 Å². The molecule has 0 bridgehead atoms. The van der Waals surface area contributed by atoms with Crippen molar-refractivity contribution in [2.24, 2.45) is 5.73 Å². The zero-order valence-electron chi connectivity index (χ0n) is 9.28. The van der Waals surface area contributed by atoms with Gasteiger partial charge in [0, 0.05) is 19.0 Å². The van der Waals surface area contributed by atoms with Crippen LogP contribution >= 0.6 is 0 Å². The number of phenols is 1. The number of anilines is 1. The number of benzene rings is 1. The van der Waals surface area contributed by atoms with Crippen LogP contribution in [0.5, 0.6) is 5.75 Å². The van der Waals surface area contributed by atoms with Crippen LogP contribution in [0.15, 0.2) is 23.1 Å². The molecule has 4 N–H and O–H groups in total. The maximum atomic E-state index is 11.6. The molecule has 8 heteroatoms. The molecule has 98 valence electrons. The van der Waals surface area contributed by atoms with Crippen molar-refractivity contribution in [3.05, 3.63) is 18.2 Å². The van der Waals surface area contributed by atoms with E-state index in [0.29, 0.717) is 0 Å². The second kappa shape index (κ2) is 4.23. The lowest BCUT2D eigenvalue weighted by molar-refractivity contribution is -0.117. The van der Waals surface area contributed by atoms with Gasteiger partial charge in [0.25, 0.3) is 10.1 Å². The number of rotatable bonds is 2. The van der Waals surface area contributed by atoms with Gasteiger partial charge in [-0.05, 0) is 18.2 Å². The van der Waals surface area contributed by atoms with Crippen LogP contribution in [0.2, 0.25) is 0 Å². The van der Waals surface area contributed by atoms with E-state index in [0.717, 1.165) is 18.2 Å². The van der Waals surface area contributed by atoms with Gasteiger partial charge in [0.15, 0.2) is 0 Å². The van der Waals surface area contributed by atoms with Crippen LogP contribution in [-0.2, 0) is 14.9 Å². The van der Waals surface area contributed by atoms with Gasteiger partial charge in [-0.3, -0.25) is 9.35 Å². The summed E-state index contributed by atoms with van der Waals surface area (Å²) in [6.45, 7) is 0.196. The lowest BCUT2D eigenvalue weighted by Crippen LogP contribution is -2.28. The summed E-state index contributed by atoms with van der Waals surface area (Å²) in [4.78, 5) is 12.4. The van der Waals surface area contributed by atoms with Crippen LogP contribution in [0.1, 0.15) is 6.42 Å². The van der Waals surface area contributed by atoms with Crippen LogP contribution in [0.4, 0.5) is 5.69 Å². The van der Waals surface area contributed by atoms with Gasteiger partial charge in [-0.2, -0.15) is 8.42 Å². The normalized spacial score (nSPS) is 20.4. The smallest absolute Gasteiger partial charge is 0.294 e. The maximum absolute atomic E-state index is 11.6. The minimum atomic E-state index is -4.38. The summed E-state index contributed by atoms with van der Waals surface area (Å²) in [6.07, 6.45) is 0.134. The van der Waals surface area contributed by atoms with E-state index in [1.165, 1.54) is 4.90 Å². The van der Waals surface area contributed by atoms with Gasteiger partial charge in [0.2, 0.25) is 5.91 Å². The third-order valence-electron chi connectivity index (χ3n) is 2.69. The summed E-state index contributed by atoms with van der Waals surface area (Å²) in [6, 6.07) is 2.84. The molecule has 0 spiro atoms. The fourth-order valence-corrected chi connectivity index (χ4v) is 2.35. The van der Waals surface area contributed by atoms with Crippen molar-refractivity contribution >= 4 is 21.7 Å². The lowest BCUT2D eigenvalue weighted by atomic mass is 10.2. The van der Waals surface area contributed by atoms with Crippen molar-refractivity contribution in [1.29, 1.82) is 0 Å². The molecule has 0 radical (unpaired) electrons. The number of nitrogens with zero attached hydrogens (tertiary/aromatic N) is 1. The molecule has 7 nitrogen and oxygen atoms in total. The third kappa shape index (κ3) is 2.30. The predicted octanol–water partition coefficient (Wildman–Crippen LogP) is -0.297. The average Bonchev–Trinajstić information content (AvgIpc) is 2.56. The summed E-state index contributed by atoms with van der Waals surface area (Å²) in [5, 5.41) is 9.65. The molecule has 1 heterocycles. The molecule has 1 unspecified atom stereocenters. The topological polar surface area (TPSA) is 121 Å². The zero-order valence-corrected chi connectivity index (χ0v) is 10.1. The summed E-state index contributed by atoms with van der Waals surface area (Å²) < 4.78 is 30.9. The molecule has 0 saturated carbocycles. The second-order valence-electron chi connectivity index (χ2n) is 4.09. The molecule has 1 aromatic rings. The zero-order chi connectivity index (χ0) is 13.5. The minimum Gasteiger partial charge on any atom is -0.506 e. The predicted molar refractivity (Wildman–Crippen MR) is 62.9 cm³/mol. The number of aromatic hydroxyl groups is 1. The van der Waals surface area contributed by atoms with Gasteiger partial charge in [-0.1, -0.05) is 0 Å². The van der Waals surface area contributed by atoms with Crippen LogP contribution in [0.3, 0.4) is 0 Å². The van der Waals surface area contributed by atoms with Gasteiger partial charge in [0.05, 0.1) is 10.6 Å². The minimum absolute atomic E-state index is 0.0306. The molecule has 0 aromatic heterocycles. The number of carbonyl (C=O) groups excluding carboxylic acids is 1. The molecule has 2 rings (SSSR count). The Balaban J connectivity index is 2.48. The Bertz CT molecular complexity index is 598. The van der Waals surface area contributed by atoms with Crippen LogP contribution in [0, 0.1) is 0 Å². The Morgan fingerprint density at radius 2 is 2.06 bits per heavy atom. The summed E-state index contributed by atoms with van der Waals surface area (Å²) in [7, 11) is -4.38. The highest BCUT2D eigenvalue weighted by molar-refractivity contribution is 7.85. The van der Waals surface area contributed by atoms with Gasteiger partial charge in [0.1, 0.15) is 5.75 Å². The Morgan fingerprint density at radius 3 is 2.56 bits per heavy atom. The second-order valence-corrected chi connectivity index (χ2v) is 5.52. The molecule has 1 saturated heterocycles. The quantitative estimate of drug-likeness (QED) is 0.636.